The van der Waals surface area contributed by atoms with Crippen molar-refractivity contribution >= 4 is 29.0 Å². The average Bonchev–Trinajstić information content (AvgIpc) is 3.44. The van der Waals surface area contributed by atoms with E-state index >= 15 is 0 Å². The third-order valence-electron chi connectivity index (χ3n) is 5.88. The summed E-state index contributed by atoms with van der Waals surface area (Å²) in [5, 5.41) is 23.8. The van der Waals surface area contributed by atoms with Crippen LogP contribution in [0.5, 0.6) is 5.75 Å². The van der Waals surface area contributed by atoms with Gasteiger partial charge in [0.2, 0.25) is 5.91 Å². The number of imidazole rings is 1. The number of anilines is 1. The van der Waals surface area contributed by atoms with E-state index < -0.39 is 31.1 Å². The van der Waals surface area contributed by atoms with E-state index in [1.807, 2.05) is 43.3 Å². The molecule has 190 valence electrons. The van der Waals surface area contributed by atoms with Crippen LogP contribution in [0.4, 0.5) is 5.82 Å². The summed E-state index contributed by atoms with van der Waals surface area (Å²) in [6, 6.07) is 6.44. The molecular weight excluding hydrogens is 464 g/mol. The Kier molecular flexibility index (Phi) is 7.63. The molecule has 1 saturated heterocycles. The minimum atomic E-state index is -1.16. The van der Waals surface area contributed by atoms with E-state index in [9.17, 15) is 15.0 Å². The number of aliphatic hydroxyl groups excluding tert-OH is 2. The first-order valence-electron chi connectivity index (χ1n) is 11.5. The molecule has 0 saturated carbocycles. The predicted octanol–water partition coefficient (Wildman–Crippen LogP) is 1.30. The molecule has 0 bridgehead atoms. The van der Waals surface area contributed by atoms with E-state index in [0.29, 0.717) is 34.9 Å². The van der Waals surface area contributed by atoms with Crippen molar-refractivity contribution in [3.63, 3.8) is 0 Å². The van der Waals surface area contributed by atoms with Gasteiger partial charge in [-0.1, -0.05) is 24.8 Å². The third-order valence-corrected chi connectivity index (χ3v) is 5.88. The second-order valence-electron chi connectivity index (χ2n) is 8.65. The average molecular weight is 495 g/mol. The fourth-order valence-electron chi connectivity index (χ4n) is 4.06. The molecule has 1 aliphatic heterocycles. The largest absolute Gasteiger partial charge is 0.490 e. The number of carbonyl (C=O) groups is 1. The van der Waals surface area contributed by atoms with Crippen molar-refractivity contribution in [2.45, 2.75) is 31.4 Å². The zero-order valence-corrected chi connectivity index (χ0v) is 20.4. The van der Waals surface area contributed by atoms with Crippen LogP contribution in [0.1, 0.15) is 18.7 Å². The molecule has 4 rings (SSSR count). The van der Waals surface area contributed by atoms with Crippen LogP contribution in [0.25, 0.3) is 17.2 Å². The Bertz CT molecular complexity index is 1260. The van der Waals surface area contributed by atoms with Gasteiger partial charge in [0, 0.05) is 19.7 Å². The van der Waals surface area contributed by atoms with Crippen molar-refractivity contribution in [3.05, 3.63) is 60.7 Å². The molecule has 0 spiro atoms. The van der Waals surface area contributed by atoms with E-state index in [1.54, 1.807) is 23.6 Å². The molecule has 11 heteroatoms. The van der Waals surface area contributed by atoms with Crippen molar-refractivity contribution < 1.29 is 24.5 Å². The summed E-state index contributed by atoms with van der Waals surface area (Å²) in [5.74, 6) is 0.935. The molecule has 3 heterocycles. The molecule has 1 unspecified atom stereocenters. The third kappa shape index (κ3) is 5.08. The topological polar surface area (TPSA) is 135 Å². The number of nitrogens with zero attached hydrogens (tertiary/aromatic N) is 5. The van der Waals surface area contributed by atoms with Gasteiger partial charge in [0.05, 0.1) is 19.0 Å². The lowest BCUT2D eigenvalue weighted by molar-refractivity contribution is -0.119. The lowest BCUT2D eigenvalue weighted by Gasteiger charge is -2.21. The summed E-state index contributed by atoms with van der Waals surface area (Å²) >= 11 is 0. The summed E-state index contributed by atoms with van der Waals surface area (Å²) in [7, 11) is 3.69. The van der Waals surface area contributed by atoms with Crippen LogP contribution in [-0.4, -0.2) is 81.2 Å². The maximum Gasteiger partial charge on any atom is 0.247 e. The zero-order chi connectivity index (χ0) is 25.8. The number of ether oxygens (including phenoxy) is 2. The van der Waals surface area contributed by atoms with E-state index in [4.69, 9.17) is 9.47 Å². The van der Waals surface area contributed by atoms with Gasteiger partial charge in [-0.05, 0) is 30.7 Å². The number of aliphatic hydroxyl groups is 2. The van der Waals surface area contributed by atoms with Crippen molar-refractivity contribution in [3.8, 4) is 5.75 Å². The highest BCUT2D eigenvalue weighted by Crippen LogP contribution is 2.32. The van der Waals surface area contributed by atoms with Gasteiger partial charge in [0.15, 0.2) is 23.2 Å². The minimum Gasteiger partial charge on any atom is -0.490 e. The van der Waals surface area contributed by atoms with Gasteiger partial charge in [-0.2, -0.15) is 0 Å². The molecule has 0 aliphatic carbocycles. The standard InChI is InChI=1S/C25H30N6O5/c1-5-10-35-17-8-6-16(7-9-17)11-15(2)24(34)29-19-18(12-32)36-25(21(19)33)31-14-28-20-22(30(3)4)26-13-27-23(20)31/h5-9,11,13-14,18-19,21,25,32-33H,1,10,12H2,2-4H3,(H,29,34)/b15-11+/t18-,19-,21?,25-/m1/s1. The van der Waals surface area contributed by atoms with Gasteiger partial charge in [0.1, 0.15) is 30.9 Å². The van der Waals surface area contributed by atoms with E-state index in [0.717, 1.165) is 5.56 Å². The highest BCUT2D eigenvalue weighted by atomic mass is 16.5. The molecule has 1 aliphatic rings. The molecule has 1 aromatic carbocycles. The SMILES string of the molecule is C=CCOc1ccc(/C=C(\C)C(=O)N[C@H]2C(O)[C@H](n3cnc4c(N(C)C)ncnc43)O[C@@H]2CO)cc1. The smallest absolute Gasteiger partial charge is 0.247 e. The van der Waals surface area contributed by atoms with Crippen molar-refractivity contribution in [2.24, 2.45) is 0 Å². The number of benzene rings is 1. The summed E-state index contributed by atoms with van der Waals surface area (Å²) in [6.45, 7) is 5.31. The van der Waals surface area contributed by atoms with Crippen LogP contribution in [0.3, 0.4) is 0 Å². The number of carbonyl (C=O) groups excluding carboxylic acids is 1. The molecule has 0 radical (unpaired) electrons. The van der Waals surface area contributed by atoms with Crippen LogP contribution >= 0.6 is 0 Å². The zero-order valence-electron chi connectivity index (χ0n) is 20.4. The van der Waals surface area contributed by atoms with Crippen molar-refractivity contribution in [1.29, 1.82) is 0 Å². The molecule has 4 atom stereocenters. The Labute approximate surface area is 208 Å². The Balaban J connectivity index is 1.50. The molecular formula is C25H30N6O5. The number of amides is 1. The molecule has 1 amide bonds. The Hall–Kier alpha value is -3.80. The number of nitrogens with one attached hydrogen (secondary N) is 1. The fraction of sp³-hybridized carbons (Fsp3) is 0.360. The fourth-order valence-corrected chi connectivity index (χ4v) is 4.06. The first-order chi connectivity index (χ1) is 17.3. The number of hydrogen-bond acceptors (Lipinski definition) is 9. The Morgan fingerprint density at radius 3 is 2.69 bits per heavy atom. The van der Waals surface area contributed by atoms with Crippen LogP contribution in [-0.2, 0) is 9.53 Å². The second kappa shape index (κ2) is 10.9. The summed E-state index contributed by atoms with van der Waals surface area (Å²) < 4.78 is 13.0. The van der Waals surface area contributed by atoms with Gasteiger partial charge in [-0.15, -0.1) is 0 Å². The summed E-state index contributed by atoms with van der Waals surface area (Å²) in [6.07, 6.45) is 3.42. The summed E-state index contributed by atoms with van der Waals surface area (Å²) in [4.78, 5) is 27.7. The first kappa shape index (κ1) is 25.3. The predicted molar refractivity (Wildman–Crippen MR) is 134 cm³/mol. The number of rotatable bonds is 9. The quantitative estimate of drug-likeness (QED) is 0.297. The van der Waals surface area contributed by atoms with E-state index in [-0.39, 0.29) is 5.91 Å². The lowest BCUT2D eigenvalue weighted by atomic mass is 10.1. The van der Waals surface area contributed by atoms with Gasteiger partial charge in [0.25, 0.3) is 0 Å². The molecule has 1 fully saturated rings. The molecule has 2 aromatic heterocycles. The van der Waals surface area contributed by atoms with Gasteiger partial charge in [-0.25, -0.2) is 15.0 Å². The van der Waals surface area contributed by atoms with Crippen molar-refractivity contribution in [2.75, 3.05) is 32.2 Å². The van der Waals surface area contributed by atoms with Gasteiger partial charge < -0.3 is 29.9 Å². The highest BCUT2D eigenvalue weighted by molar-refractivity contribution is 5.97. The minimum absolute atomic E-state index is 0.388. The van der Waals surface area contributed by atoms with Crippen LogP contribution in [0.15, 0.2) is 55.1 Å². The number of fused-ring (bicyclic) bond motifs is 1. The number of aromatic nitrogens is 4. The number of hydrogen-bond donors (Lipinski definition) is 3. The van der Waals surface area contributed by atoms with Crippen LogP contribution in [0.2, 0.25) is 0 Å². The van der Waals surface area contributed by atoms with E-state index in [2.05, 4.69) is 26.8 Å². The van der Waals surface area contributed by atoms with E-state index in [1.165, 1.54) is 12.7 Å². The lowest BCUT2D eigenvalue weighted by Crippen LogP contribution is -2.48. The molecule has 36 heavy (non-hydrogen) atoms. The first-order valence-corrected chi connectivity index (χ1v) is 11.5. The Morgan fingerprint density at radius 2 is 2.03 bits per heavy atom. The Morgan fingerprint density at radius 1 is 1.28 bits per heavy atom. The molecule has 3 aromatic rings. The monoisotopic (exact) mass is 494 g/mol. The second-order valence-corrected chi connectivity index (χ2v) is 8.65. The molecule has 3 N–H and O–H groups in total. The highest BCUT2D eigenvalue weighted by Gasteiger charge is 2.45. The van der Waals surface area contributed by atoms with Crippen molar-refractivity contribution in [1.82, 2.24) is 24.8 Å². The van der Waals surface area contributed by atoms with Gasteiger partial charge in [-0.3, -0.25) is 9.36 Å². The van der Waals surface area contributed by atoms with Gasteiger partial charge >= 0.3 is 0 Å². The molecule has 11 nitrogen and oxygen atoms in total. The normalized spacial score (nSPS) is 22.0. The maximum absolute atomic E-state index is 12.9. The summed E-state index contributed by atoms with van der Waals surface area (Å²) in [5.41, 5.74) is 2.26. The van der Waals surface area contributed by atoms with Crippen LogP contribution in [0, 0.1) is 0 Å². The maximum atomic E-state index is 12.9. The van der Waals surface area contributed by atoms with Crippen LogP contribution < -0.4 is 15.0 Å².